The van der Waals surface area contributed by atoms with Gasteiger partial charge in [0.05, 0.1) is 6.20 Å². The number of hydrogen-bond donors (Lipinski definition) is 3. The third kappa shape index (κ3) is 4.61. The van der Waals surface area contributed by atoms with E-state index in [1.807, 2.05) is 19.1 Å². The number of carbonyl (C=O) groups excluding carboxylic acids is 1. The van der Waals surface area contributed by atoms with Gasteiger partial charge in [-0.25, -0.2) is 9.78 Å². The van der Waals surface area contributed by atoms with Gasteiger partial charge < -0.3 is 20.2 Å². The Morgan fingerprint density at radius 3 is 3.05 bits per heavy atom. The molecule has 2 aromatic rings. The predicted octanol–water partition coefficient (Wildman–Crippen LogP) is 2.62. The van der Waals surface area contributed by atoms with Gasteiger partial charge in [-0.2, -0.15) is 0 Å². The number of benzene rings is 1. The second-order valence-electron chi connectivity index (χ2n) is 4.78. The number of amides is 2. The molecule has 0 aliphatic rings. The average molecular weight is 289 g/mol. The fraction of sp³-hybridized carbons (Fsp3) is 0.333. The first kappa shape index (κ1) is 15.1. The van der Waals surface area contributed by atoms with Crippen molar-refractivity contribution in [3.05, 3.63) is 36.7 Å². The van der Waals surface area contributed by atoms with Crippen molar-refractivity contribution >= 4 is 11.7 Å². The maximum Gasteiger partial charge on any atom is 0.319 e. The Hall–Kier alpha value is -2.34. The highest BCUT2D eigenvalue weighted by Gasteiger charge is 2.08. The summed E-state index contributed by atoms with van der Waals surface area (Å²) >= 11 is 0. The molecule has 1 heterocycles. The summed E-state index contributed by atoms with van der Waals surface area (Å²) in [7, 11) is 0. The van der Waals surface area contributed by atoms with Gasteiger partial charge in [0, 0.05) is 23.9 Å². The lowest BCUT2D eigenvalue weighted by Gasteiger charge is -2.14. The number of aromatic nitrogens is 1. The van der Waals surface area contributed by atoms with Crippen LogP contribution in [0.15, 0.2) is 41.1 Å². The number of nitrogens with one attached hydrogen (secondary N) is 2. The van der Waals surface area contributed by atoms with Crippen LogP contribution in [-0.4, -0.2) is 28.8 Å². The summed E-state index contributed by atoms with van der Waals surface area (Å²) in [6.07, 6.45) is 4.48. The van der Waals surface area contributed by atoms with Crippen LogP contribution in [0, 0.1) is 0 Å². The molecule has 1 aromatic heterocycles. The fourth-order valence-corrected chi connectivity index (χ4v) is 1.96. The standard InChI is InChI=1S/C15H19N3O3/c1-11(4-3-8-19)17-15(20)18-13-6-2-5-12(10-13)14-16-7-9-21-14/h2,5-7,9-11,19H,3-4,8H2,1H3,(H2,17,18,20). The number of rotatable bonds is 6. The quantitative estimate of drug-likeness (QED) is 0.763. The molecule has 112 valence electrons. The zero-order valence-electron chi connectivity index (χ0n) is 11.9. The molecule has 3 N–H and O–H groups in total. The van der Waals surface area contributed by atoms with Gasteiger partial charge in [-0.05, 0) is 38.0 Å². The third-order valence-electron chi connectivity index (χ3n) is 2.97. The molecule has 2 rings (SSSR count). The number of aliphatic hydroxyl groups excluding tert-OH is 1. The minimum absolute atomic E-state index is 0.00655. The highest BCUT2D eigenvalue weighted by Crippen LogP contribution is 2.20. The van der Waals surface area contributed by atoms with E-state index >= 15 is 0 Å². The molecular weight excluding hydrogens is 270 g/mol. The van der Waals surface area contributed by atoms with Crippen molar-refractivity contribution in [1.29, 1.82) is 0 Å². The lowest BCUT2D eigenvalue weighted by molar-refractivity contribution is 0.245. The molecule has 1 atom stereocenters. The maximum absolute atomic E-state index is 11.9. The van der Waals surface area contributed by atoms with Gasteiger partial charge in [-0.15, -0.1) is 0 Å². The SMILES string of the molecule is CC(CCCO)NC(=O)Nc1cccc(-c2ncco2)c1. The molecule has 0 spiro atoms. The van der Waals surface area contributed by atoms with Crippen LogP contribution < -0.4 is 10.6 Å². The number of carbonyl (C=O) groups is 1. The number of aliphatic hydroxyl groups is 1. The molecule has 0 aliphatic heterocycles. The van der Waals surface area contributed by atoms with E-state index < -0.39 is 0 Å². The minimum Gasteiger partial charge on any atom is -0.445 e. The normalized spacial score (nSPS) is 11.9. The lowest BCUT2D eigenvalue weighted by Crippen LogP contribution is -2.36. The molecule has 0 saturated heterocycles. The second kappa shape index (κ2) is 7.44. The monoisotopic (exact) mass is 289 g/mol. The van der Waals surface area contributed by atoms with E-state index in [4.69, 9.17) is 9.52 Å². The van der Waals surface area contributed by atoms with E-state index in [2.05, 4.69) is 15.6 Å². The first-order chi connectivity index (χ1) is 10.2. The van der Waals surface area contributed by atoms with Gasteiger partial charge in [-0.3, -0.25) is 0 Å². The Bertz CT molecular complexity index is 569. The molecule has 1 unspecified atom stereocenters. The Morgan fingerprint density at radius 1 is 1.48 bits per heavy atom. The Morgan fingerprint density at radius 2 is 2.33 bits per heavy atom. The highest BCUT2D eigenvalue weighted by atomic mass is 16.3. The molecule has 0 bridgehead atoms. The second-order valence-corrected chi connectivity index (χ2v) is 4.78. The van der Waals surface area contributed by atoms with Crippen LogP contribution >= 0.6 is 0 Å². The van der Waals surface area contributed by atoms with Crippen molar-refractivity contribution in [3.63, 3.8) is 0 Å². The minimum atomic E-state index is -0.273. The van der Waals surface area contributed by atoms with Crippen LogP contribution in [0.3, 0.4) is 0 Å². The number of anilines is 1. The summed E-state index contributed by atoms with van der Waals surface area (Å²) in [5.74, 6) is 0.510. The molecule has 6 nitrogen and oxygen atoms in total. The Labute approximate surface area is 123 Å². The number of oxazole rings is 1. The molecule has 1 aromatic carbocycles. The van der Waals surface area contributed by atoms with Crippen LogP contribution in [-0.2, 0) is 0 Å². The number of nitrogens with zero attached hydrogens (tertiary/aromatic N) is 1. The van der Waals surface area contributed by atoms with E-state index in [-0.39, 0.29) is 18.7 Å². The van der Waals surface area contributed by atoms with Gasteiger partial charge >= 0.3 is 6.03 Å². The van der Waals surface area contributed by atoms with Gasteiger partial charge in [0.2, 0.25) is 5.89 Å². The van der Waals surface area contributed by atoms with Crippen molar-refractivity contribution in [2.45, 2.75) is 25.8 Å². The van der Waals surface area contributed by atoms with Crippen LogP contribution in [0.1, 0.15) is 19.8 Å². The molecule has 0 fully saturated rings. The first-order valence-corrected chi connectivity index (χ1v) is 6.87. The van der Waals surface area contributed by atoms with Crippen LogP contribution in [0.25, 0.3) is 11.5 Å². The topological polar surface area (TPSA) is 87.4 Å². The zero-order valence-corrected chi connectivity index (χ0v) is 11.9. The van der Waals surface area contributed by atoms with Crippen molar-refractivity contribution in [2.75, 3.05) is 11.9 Å². The lowest BCUT2D eigenvalue weighted by atomic mass is 10.2. The van der Waals surface area contributed by atoms with Crippen molar-refractivity contribution in [3.8, 4) is 11.5 Å². The summed E-state index contributed by atoms with van der Waals surface area (Å²) in [6.45, 7) is 2.03. The molecule has 6 heteroatoms. The van der Waals surface area contributed by atoms with Gasteiger partial charge in [0.25, 0.3) is 0 Å². The Kier molecular flexibility index (Phi) is 5.34. The maximum atomic E-state index is 11.9. The Balaban J connectivity index is 1.93. The highest BCUT2D eigenvalue weighted by molar-refractivity contribution is 5.90. The van der Waals surface area contributed by atoms with Gasteiger partial charge in [0.1, 0.15) is 6.26 Å². The summed E-state index contributed by atoms with van der Waals surface area (Å²) in [5.41, 5.74) is 1.46. The largest absolute Gasteiger partial charge is 0.445 e. The summed E-state index contributed by atoms with van der Waals surface area (Å²) in [4.78, 5) is 15.9. The molecule has 21 heavy (non-hydrogen) atoms. The van der Waals surface area contributed by atoms with E-state index in [1.54, 1.807) is 18.3 Å². The van der Waals surface area contributed by atoms with Crippen molar-refractivity contribution in [1.82, 2.24) is 10.3 Å². The zero-order chi connectivity index (χ0) is 15.1. The summed E-state index contributed by atoms with van der Waals surface area (Å²) < 4.78 is 5.23. The number of urea groups is 1. The molecule has 0 aliphatic carbocycles. The first-order valence-electron chi connectivity index (χ1n) is 6.87. The number of hydrogen-bond acceptors (Lipinski definition) is 4. The fourth-order valence-electron chi connectivity index (χ4n) is 1.96. The smallest absolute Gasteiger partial charge is 0.319 e. The van der Waals surface area contributed by atoms with Crippen LogP contribution in [0.5, 0.6) is 0 Å². The molecule has 0 saturated carbocycles. The van der Waals surface area contributed by atoms with Crippen LogP contribution in [0.2, 0.25) is 0 Å². The van der Waals surface area contributed by atoms with Crippen LogP contribution in [0.4, 0.5) is 10.5 Å². The van der Waals surface area contributed by atoms with E-state index in [1.165, 1.54) is 6.26 Å². The third-order valence-corrected chi connectivity index (χ3v) is 2.97. The molecule has 0 radical (unpaired) electrons. The average Bonchev–Trinajstić information content (AvgIpc) is 2.99. The molecular formula is C15H19N3O3. The summed E-state index contributed by atoms with van der Waals surface area (Å²) in [5, 5.41) is 14.3. The van der Waals surface area contributed by atoms with E-state index in [9.17, 15) is 4.79 Å². The predicted molar refractivity (Wildman–Crippen MR) is 79.9 cm³/mol. The molecule has 2 amide bonds. The van der Waals surface area contributed by atoms with Gasteiger partial charge in [0.15, 0.2) is 0 Å². The summed E-state index contributed by atoms with van der Waals surface area (Å²) in [6, 6.07) is 7.01. The van der Waals surface area contributed by atoms with E-state index in [0.29, 0.717) is 18.0 Å². The van der Waals surface area contributed by atoms with Crippen molar-refractivity contribution < 1.29 is 14.3 Å². The van der Waals surface area contributed by atoms with Gasteiger partial charge in [-0.1, -0.05) is 6.07 Å². The van der Waals surface area contributed by atoms with Crippen molar-refractivity contribution in [2.24, 2.45) is 0 Å². The van der Waals surface area contributed by atoms with E-state index in [0.717, 1.165) is 12.0 Å².